The highest BCUT2D eigenvalue weighted by molar-refractivity contribution is 7.22. The van der Waals surface area contributed by atoms with Crippen molar-refractivity contribution in [3.63, 3.8) is 0 Å². The molecular formula is C65H75N3O16S. The number of hydrogen-bond acceptors (Lipinski definition) is 20. The fraction of sp³-hybridized carbons (Fsp3) is 0.446. The number of Topliss-reactive ketones (excluding diaryl/α,β-unsaturated/α-hetero) is 1. The molecule has 2 saturated carbocycles. The van der Waals surface area contributed by atoms with E-state index in [2.05, 4.69) is 13.2 Å². The second-order valence-corrected chi connectivity index (χ2v) is 22.0. The number of fused-ring (bicyclic) bond motifs is 1. The molecule has 0 radical (unpaired) electrons. The number of ketones is 1. The quantitative estimate of drug-likeness (QED) is 0.00951. The minimum Gasteiger partial charge on any atom is -0.494 e. The molecule has 1 saturated heterocycles. The third kappa shape index (κ3) is 20.4. The fourth-order valence-electron chi connectivity index (χ4n) is 9.99. The number of rotatable bonds is 33. The number of hydrogen-bond donors (Lipinski definition) is 0. The molecule has 3 fully saturated rings. The molecule has 1 aliphatic heterocycles. The average Bonchev–Trinajstić information content (AvgIpc) is 3.93. The largest absolute Gasteiger partial charge is 0.494 e. The van der Waals surface area contributed by atoms with Crippen molar-refractivity contribution in [2.45, 2.75) is 109 Å². The van der Waals surface area contributed by atoms with Gasteiger partial charge in [0.25, 0.3) is 0 Å². The molecule has 0 spiro atoms. The number of aromatic nitrogens is 1. The van der Waals surface area contributed by atoms with E-state index in [0.29, 0.717) is 130 Å². The van der Waals surface area contributed by atoms with Crippen LogP contribution in [-0.2, 0) is 47.7 Å². The van der Waals surface area contributed by atoms with Crippen LogP contribution in [0.1, 0.15) is 108 Å². The third-order valence-corrected chi connectivity index (χ3v) is 15.9. The number of anilines is 1. The van der Waals surface area contributed by atoms with E-state index in [0.717, 1.165) is 73.7 Å². The molecule has 85 heavy (non-hydrogen) atoms. The molecule has 3 aliphatic rings. The van der Waals surface area contributed by atoms with Gasteiger partial charge in [-0.3, -0.25) is 19.2 Å². The Bertz CT molecular complexity index is 3000. The Balaban J connectivity index is 0.819. The van der Waals surface area contributed by atoms with Crippen LogP contribution in [-0.4, -0.2) is 106 Å². The zero-order valence-corrected chi connectivity index (χ0v) is 48.8. The summed E-state index contributed by atoms with van der Waals surface area (Å²) in [5.41, 5.74) is 1.21. The maximum atomic E-state index is 13.9. The van der Waals surface area contributed by atoms with Gasteiger partial charge >= 0.3 is 29.8 Å². The first-order valence-electron chi connectivity index (χ1n) is 29.4. The Morgan fingerprint density at radius 3 is 1.54 bits per heavy atom. The molecule has 19 nitrogen and oxygen atoms in total. The molecule has 8 rings (SSSR count). The standard InChI is InChI=1S/C65H75N3O16S/c1-3-59(70)77-37-13-7-5-11-35-75-50-25-29-52(30-26-50)82-62(72)46-19-17-45(18-20-46)56(69)44-81-54-33-34-57(49(41-54)42-66-68(43-61-79-39-40-80-61)65-67-55-15-9-10-16-58(55)85-65)84-64(74)48-23-21-47(22-24-48)63(73)83-53-31-27-51(28-32-53)76-36-12-6-8-14-38-78-60(71)4-2/h3-4,9-10,15-16,25-34,41-42,45-48,61H,1-2,5-8,11-14,17-24,35-40,43-44H2/b66-42+. The molecule has 2 heterocycles. The van der Waals surface area contributed by atoms with E-state index >= 15 is 0 Å². The van der Waals surface area contributed by atoms with Crippen LogP contribution in [0.3, 0.4) is 0 Å². The zero-order chi connectivity index (χ0) is 59.6. The lowest BCUT2D eigenvalue weighted by molar-refractivity contribution is -0.145. The highest BCUT2D eigenvalue weighted by Gasteiger charge is 2.34. The van der Waals surface area contributed by atoms with E-state index in [4.69, 9.17) is 57.5 Å². The lowest BCUT2D eigenvalue weighted by Crippen LogP contribution is -2.31. The van der Waals surface area contributed by atoms with Crippen molar-refractivity contribution in [1.82, 2.24) is 4.98 Å². The van der Waals surface area contributed by atoms with Crippen LogP contribution in [0.4, 0.5) is 5.13 Å². The number of unbranched alkanes of at least 4 members (excludes halogenated alkanes) is 6. The van der Waals surface area contributed by atoms with Crippen molar-refractivity contribution in [3.05, 3.63) is 122 Å². The molecule has 0 N–H and O–H groups in total. The summed E-state index contributed by atoms with van der Waals surface area (Å²) in [5.74, 6) is -0.861. The predicted octanol–water partition coefficient (Wildman–Crippen LogP) is 11.5. The van der Waals surface area contributed by atoms with E-state index in [1.807, 2.05) is 24.3 Å². The zero-order valence-electron chi connectivity index (χ0n) is 47.9. The normalized spacial score (nSPS) is 17.8. The fourth-order valence-corrected chi connectivity index (χ4v) is 10.9. The minimum absolute atomic E-state index is 0.0922. The minimum atomic E-state index is -0.557. The van der Waals surface area contributed by atoms with Crippen LogP contribution < -0.4 is 33.4 Å². The van der Waals surface area contributed by atoms with Gasteiger partial charge in [0.1, 0.15) is 41.1 Å². The van der Waals surface area contributed by atoms with Crippen molar-refractivity contribution in [3.8, 4) is 34.5 Å². The topological polar surface area (TPSA) is 223 Å². The van der Waals surface area contributed by atoms with E-state index in [9.17, 15) is 28.8 Å². The molecule has 0 atom stereocenters. The Kier molecular flexibility index (Phi) is 24.9. The summed E-state index contributed by atoms with van der Waals surface area (Å²) in [6, 6.07) is 26.6. The van der Waals surface area contributed by atoms with Gasteiger partial charge in [-0.25, -0.2) is 19.6 Å². The van der Waals surface area contributed by atoms with Crippen LogP contribution >= 0.6 is 11.3 Å². The molecule has 20 heteroatoms. The number of para-hydroxylation sites is 1. The third-order valence-electron chi connectivity index (χ3n) is 14.9. The first-order chi connectivity index (χ1) is 41.5. The second-order valence-electron chi connectivity index (χ2n) is 21.0. The lowest BCUT2D eigenvalue weighted by atomic mass is 9.80. The van der Waals surface area contributed by atoms with Crippen LogP contribution in [0, 0.1) is 23.7 Å². The molecule has 0 unspecified atom stereocenters. The van der Waals surface area contributed by atoms with Gasteiger partial charge < -0.3 is 47.4 Å². The summed E-state index contributed by atoms with van der Waals surface area (Å²) >= 11 is 1.46. The van der Waals surface area contributed by atoms with Gasteiger partial charge in [-0.15, -0.1) is 0 Å². The summed E-state index contributed by atoms with van der Waals surface area (Å²) in [4.78, 5) is 81.2. The van der Waals surface area contributed by atoms with E-state index in [1.54, 1.807) is 78.0 Å². The Hall–Kier alpha value is -7.94. The van der Waals surface area contributed by atoms with E-state index < -0.39 is 36.0 Å². The van der Waals surface area contributed by atoms with Crippen molar-refractivity contribution in [2.75, 3.05) is 57.8 Å². The van der Waals surface area contributed by atoms with Gasteiger partial charge in [-0.1, -0.05) is 36.6 Å². The highest BCUT2D eigenvalue weighted by Crippen LogP contribution is 2.35. The van der Waals surface area contributed by atoms with E-state index in [1.165, 1.54) is 11.3 Å². The number of carbonyl (C=O) groups is 6. The van der Waals surface area contributed by atoms with Gasteiger partial charge in [0.15, 0.2) is 12.1 Å². The molecule has 452 valence electrons. The van der Waals surface area contributed by atoms with Gasteiger partial charge in [-0.05, 0) is 182 Å². The number of esters is 5. The van der Waals surface area contributed by atoms with Crippen LogP contribution in [0.2, 0.25) is 0 Å². The predicted molar refractivity (Wildman–Crippen MR) is 318 cm³/mol. The monoisotopic (exact) mass is 1190 g/mol. The Labute approximate surface area is 499 Å². The Morgan fingerprint density at radius 1 is 0.553 bits per heavy atom. The summed E-state index contributed by atoms with van der Waals surface area (Å²) in [6.45, 7) is 9.49. The molecule has 0 bridgehead atoms. The van der Waals surface area contributed by atoms with Gasteiger partial charge in [0.2, 0.25) is 5.13 Å². The number of thiazole rings is 1. The molecule has 5 aromatic rings. The molecule has 0 amide bonds. The average molecular weight is 1190 g/mol. The summed E-state index contributed by atoms with van der Waals surface area (Å²) in [7, 11) is 0. The number of hydrazone groups is 1. The van der Waals surface area contributed by atoms with E-state index in [-0.39, 0.29) is 48.5 Å². The number of nitrogens with zero attached hydrogens (tertiary/aromatic N) is 3. The molecular weight excluding hydrogens is 1110 g/mol. The maximum absolute atomic E-state index is 13.9. The molecule has 2 aliphatic carbocycles. The van der Waals surface area contributed by atoms with Gasteiger partial charge in [0, 0.05) is 23.6 Å². The first kappa shape index (κ1) is 63.1. The highest BCUT2D eigenvalue weighted by atomic mass is 32.1. The van der Waals surface area contributed by atoms with Crippen molar-refractivity contribution in [1.29, 1.82) is 0 Å². The van der Waals surface area contributed by atoms with Gasteiger partial charge in [-0.2, -0.15) is 5.10 Å². The number of benzene rings is 4. The summed E-state index contributed by atoms with van der Waals surface area (Å²) in [6.07, 6.45) is 14.0. The molecule has 1 aromatic heterocycles. The lowest BCUT2D eigenvalue weighted by Gasteiger charge is -2.26. The second kappa shape index (κ2) is 33.5. The van der Waals surface area contributed by atoms with Crippen LogP contribution in [0.5, 0.6) is 34.5 Å². The first-order valence-corrected chi connectivity index (χ1v) is 30.2. The van der Waals surface area contributed by atoms with Crippen LogP contribution in [0.25, 0.3) is 10.2 Å². The summed E-state index contributed by atoms with van der Waals surface area (Å²) in [5, 5.41) is 7.14. The SMILES string of the molecule is C=CC(=O)OCCCCCCOc1ccc(OC(=O)C2CCC(C(=O)COc3ccc(OC(=O)C4CCC(C(=O)Oc5ccc(OCCCCCCOC(=O)C=C)cc5)CC4)c(/C=N/N(CC4OCCO4)c4nc5ccccc5s4)c3)CC2)cc1. The van der Waals surface area contributed by atoms with Crippen LogP contribution in [0.15, 0.2) is 121 Å². The number of ether oxygens (including phenoxy) is 10. The van der Waals surface area contributed by atoms with Gasteiger partial charge in [0.05, 0.1) is 80.4 Å². The van der Waals surface area contributed by atoms with Crippen molar-refractivity contribution < 1.29 is 76.1 Å². The van der Waals surface area contributed by atoms with Crippen molar-refractivity contribution in [2.24, 2.45) is 28.8 Å². The number of carbonyl (C=O) groups excluding carboxylic acids is 6. The Morgan fingerprint density at radius 2 is 1.02 bits per heavy atom. The summed E-state index contributed by atoms with van der Waals surface area (Å²) < 4.78 is 58.0. The smallest absolute Gasteiger partial charge is 0.330 e. The maximum Gasteiger partial charge on any atom is 0.330 e. The molecule has 4 aromatic carbocycles. The van der Waals surface area contributed by atoms with Crippen molar-refractivity contribution >= 4 is 68.5 Å².